The summed E-state index contributed by atoms with van der Waals surface area (Å²) in [6.07, 6.45) is 1.11. The maximum atomic E-state index is 14.0. The zero-order valence-corrected chi connectivity index (χ0v) is 18.4. The molecule has 170 valence electrons. The summed E-state index contributed by atoms with van der Waals surface area (Å²) in [5.41, 5.74) is 9.47. The number of fused-ring (bicyclic) bond motifs is 3. The van der Waals surface area contributed by atoms with Gasteiger partial charge in [0, 0.05) is 22.9 Å². The summed E-state index contributed by atoms with van der Waals surface area (Å²) in [7, 11) is 0. The molecule has 0 saturated carbocycles. The minimum Gasteiger partial charge on any atom is -0.364 e. The largest absolute Gasteiger partial charge is 0.364 e. The van der Waals surface area contributed by atoms with Crippen LogP contribution in [0.5, 0.6) is 0 Å². The van der Waals surface area contributed by atoms with Crippen molar-refractivity contribution in [1.82, 2.24) is 9.78 Å². The minimum absolute atomic E-state index is 0.0656. The zero-order valence-electron chi connectivity index (χ0n) is 17.6. The molecule has 1 aromatic heterocycles. The molecule has 3 aromatic carbocycles. The minimum atomic E-state index is -1.04. The molecule has 0 aliphatic heterocycles. The Labute approximate surface area is 198 Å². The molecule has 9 heteroatoms. The number of aryl methyl sites for hydroxylation is 1. The molecule has 0 bridgehead atoms. The first kappa shape index (κ1) is 21.8. The summed E-state index contributed by atoms with van der Waals surface area (Å²) >= 11 is 6.14. The molecule has 0 unspecified atom stereocenters. The fourth-order valence-electron chi connectivity index (χ4n) is 4.16. The summed E-state index contributed by atoms with van der Waals surface area (Å²) < 4.78 is 28.9. The average molecular weight is 479 g/mol. The lowest BCUT2D eigenvalue weighted by atomic mass is 9.88. The highest BCUT2D eigenvalue weighted by molar-refractivity contribution is 6.34. The fourth-order valence-corrected chi connectivity index (χ4v) is 4.38. The van der Waals surface area contributed by atoms with E-state index in [0.717, 1.165) is 17.7 Å². The Morgan fingerprint density at radius 2 is 1.79 bits per heavy atom. The SMILES string of the molecule is NC(=O)c1nn(-c2ccc(F)c(F)c2)c2c1CCc1ccc(NC(=O)c3ccccc3Cl)cc1-2. The molecule has 3 N–H and O–H groups in total. The number of anilines is 1. The van der Waals surface area contributed by atoms with Gasteiger partial charge in [-0.25, -0.2) is 13.5 Å². The summed E-state index contributed by atoms with van der Waals surface area (Å²) in [6.45, 7) is 0. The Morgan fingerprint density at radius 1 is 1.00 bits per heavy atom. The fraction of sp³-hybridized carbons (Fsp3) is 0.0800. The highest BCUT2D eigenvalue weighted by Crippen LogP contribution is 2.38. The number of rotatable bonds is 4. The van der Waals surface area contributed by atoms with Crippen LogP contribution in [-0.4, -0.2) is 21.6 Å². The third-order valence-electron chi connectivity index (χ3n) is 5.75. The van der Waals surface area contributed by atoms with Gasteiger partial charge in [0.15, 0.2) is 17.3 Å². The summed E-state index contributed by atoms with van der Waals surface area (Å²) in [5.74, 6) is -3.14. The molecular formula is C25H17ClF2N4O2. The van der Waals surface area contributed by atoms with Gasteiger partial charge < -0.3 is 11.1 Å². The maximum Gasteiger partial charge on any atom is 0.269 e. The molecule has 0 spiro atoms. The number of carbonyl (C=O) groups excluding carboxylic acids is 2. The van der Waals surface area contributed by atoms with Gasteiger partial charge in [-0.15, -0.1) is 0 Å². The summed E-state index contributed by atoms with van der Waals surface area (Å²) in [4.78, 5) is 24.8. The molecule has 0 radical (unpaired) electrons. The number of hydrogen-bond acceptors (Lipinski definition) is 3. The molecule has 34 heavy (non-hydrogen) atoms. The second kappa shape index (κ2) is 8.39. The number of nitrogens with zero attached hydrogens (tertiary/aromatic N) is 2. The van der Waals surface area contributed by atoms with Crippen molar-refractivity contribution in [1.29, 1.82) is 0 Å². The number of amides is 2. The lowest BCUT2D eigenvalue weighted by molar-refractivity contribution is 0.0992. The average Bonchev–Trinajstić information content (AvgIpc) is 3.22. The van der Waals surface area contributed by atoms with Crippen molar-refractivity contribution in [2.45, 2.75) is 12.8 Å². The second-order valence-corrected chi connectivity index (χ2v) is 8.26. The van der Waals surface area contributed by atoms with Crippen molar-refractivity contribution >= 4 is 29.1 Å². The smallest absolute Gasteiger partial charge is 0.269 e. The van der Waals surface area contributed by atoms with Gasteiger partial charge in [0.25, 0.3) is 11.8 Å². The first-order valence-electron chi connectivity index (χ1n) is 10.4. The Kier molecular flexibility index (Phi) is 5.37. The molecule has 5 rings (SSSR count). The third kappa shape index (κ3) is 3.72. The van der Waals surface area contributed by atoms with E-state index in [1.807, 2.05) is 6.07 Å². The Balaban J connectivity index is 1.62. The van der Waals surface area contributed by atoms with Crippen LogP contribution >= 0.6 is 11.6 Å². The van der Waals surface area contributed by atoms with Crippen LogP contribution in [0.1, 0.15) is 32.0 Å². The van der Waals surface area contributed by atoms with Gasteiger partial charge in [-0.05, 0) is 54.8 Å². The predicted molar refractivity (Wildman–Crippen MR) is 124 cm³/mol. The number of halogens is 3. The van der Waals surface area contributed by atoms with Crippen LogP contribution in [0.2, 0.25) is 5.02 Å². The number of nitrogens with one attached hydrogen (secondary N) is 1. The van der Waals surface area contributed by atoms with E-state index in [1.165, 1.54) is 10.7 Å². The normalized spacial score (nSPS) is 12.1. The molecule has 0 saturated heterocycles. The van der Waals surface area contributed by atoms with E-state index >= 15 is 0 Å². The van der Waals surface area contributed by atoms with E-state index in [0.29, 0.717) is 45.9 Å². The van der Waals surface area contributed by atoms with E-state index in [-0.39, 0.29) is 17.3 Å². The Hall–Kier alpha value is -4.04. The topological polar surface area (TPSA) is 90.0 Å². The maximum absolute atomic E-state index is 14.0. The number of hydrogen-bond donors (Lipinski definition) is 2. The Morgan fingerprint density at radius 3 is 2.53 bits per heavy atom. The molecule has 0 atom stereocenters. The molecular weight excluding hydrogens is 462 g/mol. The van der Waals surface area contributed by atoms with Crippen molar-refractivity contribution in [2.75, 3.05) is 5.32 Å². The van der Waals surface area contributed by atoms with Gasteiger partial charge in [-0.3, -0.25) is 9.59 Å². The van der Waals surface area contributed by atoms with Crippen LogP contribution < -0.4 is 11.1 Å². The van der Waals surface area contributed by atoms with Gasteiger partial charge >= 0.3 is 0 Å². The van der Waals surface area contributed by atoms with Crippen molar-refractivity contribution in [2.24, 2.45) is 5.73 Å². The first-order chi connectivity index (χ1) is 16.3. The second-order valence-electron chi connectivity index (χ2n) is 7.86. The van der Waals surface area contributed by atoms with E-state index in [2.05, 4.69) is 10.4 Å². The van der Waals surface area contributed by atoms with Gasteiger partial charge in [0.2, 0.25) is 0 Å². The van der Waals surface area contributed by atoms with E-state index in [9.17, 15) is 18.4 Å². The van der Waals surface area contributed by atoms with E-state index in [4.69, 9.17) is 17.3 Å². The Bertz CT molecular complexity index is 1480. The monoisotopic (exact) mass is 478 g/mol. The van der Waals surface area contributed by atoms with Crippen LogP contribution in [-0.2, 0) is 12.8 Å². The number of aromatic nitrogens is 2. The first-order valence-corrected chi connectivity index (χ1v) is 10.8. The molecule has 1 aliphatic rings. The van der Waals surface area contributed by atoms with Crippen molar-refractivity contribution in [3.8, 4) is 16.9 Å². The number of primary amides is 1. The molecule has 2 amide bonds. The van der Waals surface area contributed by atoms with Crippen LogP contribution in [0.25, 0.3) is 16.9 Å². The molecule has 0 fully saturated rings. The predicted octanol–water partition coefficient (Wildman–Crippen LogP) is 4.92. The molecule has 1 heterocycles. The highest BCUT2D eigenvalue weighted by atomic mass is 35.5. The van der Waals surface area contributed by atoms with Crippen LogP contribution in [0.15, 0.2) is 60.7 Å². The van der Waals surface area contributed by atoms with E-state index < -0.39 is 17.5 Å². The number of nitrogens with two attached hydrogens (primary N) is 1. The zero-order chi connectivity index (χ0) is 24.0. The molecule has 4 aromatic rings. The van der Waals surface area contributed by atoms with Crippen LogP contribution in [0, 0.1) is 11.6 Å². The molecule has 1 aliphatic carbocycles. The lowest BCUT2D eigenvalue weighted by Crippen LogP contribution is -2.15. The number of carbonyl (C=O) groups is 2. The van der Waals surface area contributed by atoms with Gasteiger partial charge in [0.1, 0.15) is 0 Å². The van der Waals surface area contributed by atoms with Gasteiger partial charge in [0.05, 0.1) is 22.0 Å². The van der Waals surface area contributed by atoms with Gasteiger partial charge in [-0.2, -0.15) is 5.10 Å². The van der Waals surface area contributed by atoms with Crippen molar-refractivity contribution in [3.63, 3.8) is 0 Å². The number of benzene rings is 3. The molecule has 6 nitrogen and oxygen atoms in total. The van der Waals surface area contributed by atoms with Crippen molar-refractivity contribution < 1.29 is 18.4 Å². The van der Waals surface area contributed by atoms with Crippen LogP contribution in [0.4, 0.5) is 14.5 Å². The van der Waals surface area contributed by atoms with Crippen LogP contribution in [0.3, 0.4) is 0 Å². The quantitative estimate of drug-likeness (QED) is 0.436. The third-order valence-corrected chi connectivity index (χ3v) is 6.08. The summed E-state index contributed by atoms with van der Waals surface area (Å²) in [5, 5.41) is 7.48. The lowest BCUT2D eigenvalue weighted by Gasteiger charge is -2.20. The van der Waals surface area contributed by atoms with E-state index in [1.54, 1.807) is 36.4 Å². The summed E-state index contributed by atoms with van der Waals surface area (Å²) in [6, 6.07) is 15.4. The van der Waals surface area contributed by atoms with Crippen molar-refractivity contribution in [3.05, 3.63) is 99.7 Å². The highest BCUT2D eigenvalue weighted by Gasteiger charge is 2.28. The van der Waals surface area contributed by atoms with Gasteiger partial charge in [-0.1, -0.05) is 29.8 Å². The standard InChI is InChI=1S/C25H17ClF2N4O2/c26-19-4-2-1-3-16(19)25(34)30-14-7-5-13-6-9-17-22(24(29)33)31-32(23(17)18(13)11-14)15-8-10-20(27)21(28)12-15/h1-5,7-8,10-12H,6,9H2,(H2,29,33)(H,30,34).